The third-order valence-electron chi connectivity index (χ3n) is 2.89. The van der Waals surface area contributed by atoms with E-state index >= 15 is 0 Å². The second kappa shape index (κ2) is 4.85. The van der Waals surface area contributed by atoms with Gasteiger partial charge in [-0.2, -0.15) is 4.98 Å². The highest BCUT2D eigenvalue weighted by Crippen LogP contribution is 2.32. The summed E-state index contributed by atoms with van der Waals surface area (Å²) in [6.07, 6.45) is 0. The number of ether oxygens (including phenoxy) is 1. The topological polar surface area (TPSA) is 66.0 Å². The highest BCUT2D eigenvalue weighted by atomic mass is 35.5. The van der Waals surface area contributed by atoms with Gasteiger partial charge in [-0.15, -0.1) is 0 Å². The van der Waals surface area contributed by atoms with Crippen LogP contribution in [0.4, 0.5) is 5.95 Å². The van der Waals surface area contributed by atoms with E-state index in [2.05, 4.69) is 9.97 Å². The maximum Gasteiger partial charge on any atom is 0.215 e. The third-order valence-corrected chi connectivity index (χ3v) is 3.70. The van der Waals surface area contributed by atoms with Gasteiger partial charge in [0.15, 0.2) is 5.65 Å². The van der Waals surface area contributed by atoms with Crippen molar-refractivity contribution in [1.82, 2.24) is 14.5 Å². The lowest BCUT2D eigenvalue weighted by Gasteiger charge is -2.09. The van der Waals surface area contributed by atoms with E-state index in [4.69, 9.17) is 33.7 Å². The highest BCUT2D eigenvalue weighted by molar-refractivity contribution is 6.43. The molecule has 0 saturated heterocycles. The van der Waals surface area contributed by atoms with Gasteiger partial charge in [-0.3, -0.25) is 4.57 Å². The van der Waals surface area contributed by atoms with Crippen molar-refractivity contribution in [2.75, 3.05) is 12.8 Å². The molecular weight excluding hydrogens is 299 g/mol. The van der Waals surface area contributed by atoms with Gasteiger partial charge in [0.2, 0.25) is 11.8 Å². The third kappa shape index (κ3) is 1.95. The lowest BCUT2D eigenvalue weighted by Crippen LogP contribution is -2.02. The summed E-state index contributed by atoms with van der Waals surface area (Å²) in [4.78, 5) is 8.61. The minimum atomic E-state index is 0.282. The minimum Gasteiger partial charge on any atom is -0.481 e. The summed E-state index contributed by atoms with van der Waals surface area (Å²) in [5, 5.41) is 0.832. The summed E-state index contributed by atoms with van der Waals surface area (Å²) in [6, 6.07) is 8.80. The maximum absolute atomic E-state index is 6.24. The zero-order valence-corrected chi connectivity index (χ0v) is 12.0. The second-order valence-electron chi connectivity index (χ2n) is 4.07. The molecule has 7 heteroatoms. The Labute approximate surface area is 124 Å². The number of pyridine rings is 1. The Morgan fingerprint density at radius 3 is 2.70 bits per heavy atom. The molecule has 1 aromatic carbocycles. The van der Waals surface area contributed by atoms with Gasteiger partial charge >= 0.3 is 0 Å². The molecule has 20 heavy (non-hydrogen) atoms. The fourth-order valence-electron chi connectivity index (χ4n) is 1.97. The number of methoxy groups -OCH3 is 1. The Morgan fingerprint density at radius 2 is 1.95 bits per heavy atom. The van der Waals surface area contributed by atoms with E-state index in [0.29, 0.717) is 32.8 Å². The van der Waals surface area contributed by atoms with Gasteiger partial charge < -0.3 is 10.5 Å². The normalized spacial score (nSPS) is 10.9. The van der Waals surface area contributed by atoms with Crippen molar-refractivity contribution < 1.29 is 4.74 Å². The van der Waals surface area contributed by atoms with E-state index in [-0.39, 0.29) is 5.95 Å². The van der Waals surface area contributed by atoms with Gasteiger partial charge in [0.25, 0.3) is 0 Å². The average molecular weight is 309 g/mol. The number of aromatic nitrogens is 3. The molecule has 0 amide bonds. The standard InChI is InChI=1S/C13H10Cl2N4O/c1-20-10-6-5-8-12(18-10)19(13(16)17-8)9-4-2-3-7(14)11(9)15/h2-6H,1H3,(H2,16,17). The van der Waals surface area contributed by atoms with Crippen molar-refractivity contribution >= 4 is 40.3 Å². The van der Waals surface area contributed by atoms with Crippen LogP contribution in [0.1, 0.15) is 0 Å². The largest absolute Gasteiger partial charge is 0.481 e. The number of fused-ring (bicyclic) bond motifs is 1. The molecule has 3 rings (SSSR count). The molecule has 5 nitrogen and oxygen atoms in total. The van der Waals surface area contributed by atoms with Crippen molar-refractivity contribution in [1.29, 1.82) is 0 Å². The average Bonchev–Trinajstić information content (AvgIpc) is 2.77. The molecule has 0 bridgehead atoms. The van der Waals surface area contributed by atoms with Crippen molar-refractivity contribution in [3.05, 3.63) is 40.4 Å². The molecule has 0 spiro atoms. The maximum atomic E-state index is 6.24. The van der Waals surface area contributed by atoms with E-state index in [1.54, 1.807) is 42.0 Å². The second-order valence-corrected chi connectivity index (χ2v) is 4.86. The molecular formula is C13H10Cl2N4O. The van der Waals surface area contributed by atoms with Crippen molar-refractivity contribution in [2.24, 2.45) is 0 Å². The van der Waals surface area contributed by atoms with Crippen LogP contribution >= 0.6 is 23.2 Å². The molecule has 3 aromatic rings. The van der Waals surface area contributed by atoms with E-state index in [9.17, 15) is 0 Å². The molecule has 0 aliphatic heterocycles. The fraction of sp³-hybridized carbons (Fsp3) is 0.0769. The number of benzene rings is 1. The number of anilines is 1. The molecule has 0 aliphatic carbocycles. The quantitative estimate of drug-likeness (QED) is 0.788. The number of imidazole rings is 1. The number of nitrogens with zero attached hydrogens (tertiary/aromatic N) is 3. The van der Waals surface area contributed by atoms with Crippen LogP contribution in [0, 0.1) is 0 Å². The fourth-order valence-corrected chi connectivity index (χ4v) is 2.35. The van der Waals surface area contributed by atoms with Gasteiger partial charge in [0, 0.05) is 6.07 Å². The van der Waals surface area contributed by atoms with E-state index in [1.807, 2.05) is 0 Å². The Morgan fingerprint density at radius 1 is 1.15 bits per heavy atom. The summed E-state index contributed by atoms with van der Waals surface area (Å²) in [6.45, 7) is 0. The van der Waals surface area contributed by atoms with Gasteiger partial charge in [-0.25, -0.2) is 4.98 Å². The van der Waals surface area contributed by atoms with Crippen LogP contribution in [-0.2, 0) is 0 Å². The first kappa shape index (κ1) is 13.0. The van der Waals surface area contributed by atoms with Crippen LogP contribution in [-0.4, -0.2) is 21.6 Å². The smallest absolute Gasteiger partial charge is 0.215 e. The lowest BCUT2D eigenvalue weighted by molar-refractivity contribution is 0.399. The first-order valence-corrected chi connectivity index (χ1v) is 6.50. The Balaban J connectivity index is 2.35. The number of hydrogen-bond acceptors (Lipinski definition) is 4. The zero-order chi connectivity index (χ0) is 14.3. The summed E-state index contributed by atoms with van der Waals surface area (Å²) in [5.74, 6) is 0.752. The molecule has 0 aliphatic rings. The number of hydrogen-bond donors (Lipinski definition) is 1. The van der Waals surface area contributed by atoms with E-state index in [0.717, 1.165) is 0 Å². The first-order valence-electron chi connectivity index (χ1n) is 5.75. The zero-order valence-electron chi connectivity index (χ0n) is 10.5. The predicted octanol–water partition coefficient (Wildman–Crippen LogP) is 3.32. The number of nitrogens with two attached hydrogens (primary N) is 1. The van der Waals surface area contributed by atoms with Crippen LogP contribution in [0.2, 0.25) is 10.0 Å². The van der Waals surface area contributed by atoms with Gasteiger partial charge in [0.05, 0.1) is 22.8 Å². The molecule has 2 aromatic heterocycles. The summed E-state index contributed by atoms with van der Waals surface area (Å²) in [5.41, 5.74) is 7.80. The molecule has 2 N–H and O–H groups in total. The molecule has 0 atom stereocenters. The number of halogens is 2. The Bertz CT molecular complexity index is 800. The van der Waals surface area contributed by atoms with Crippen LogP contribution in [0.15, 0.2) is 30.3 Å². The molecule has 0 fully saturated rings. The van der Waals surface area contributed by atoms with Crippen LogP contribution in [0.25, 0.3) is 16.9 Å². The SMILES string of the molecule is COc1ccc2nc(N)n(-c3cccc(Cl)c3Cl)c2n1. The van der Waals surface area contributed by atoms with Crippen molar-refractivity contribution in [3.8, 4) is 11.6 Å². The molecule has 0 unspecified atom stereocenters. The van der Waals surface area contributed by atoms with E-state index in [1.165, 1.54) is 0 Å². The molecule has 0 saturated carbocycles. The Kier molecular flexibility index (Phi) is 3.16. The number of rotatable bonds is 2. The van der Waals surface area contributed by atoms with E-state index < -0.39 is 0 Å². The first-order chi connectivity index (χ1) is 9.61. The highest BCUT2D eigenvalue weighted by Gasteiger charge is 2.15. The van der Waals surface area contributed by atoms with Crippen molar-refractivity contribution in [2.45, 2.75) is 0 Å². The molecule has 2 heterocycles. The minimum absolute atomic E-state index is 0.282. The summed E-state index contributed by atoms with van der Waals surface area (Å²) >= 11 is 12.3. The van der Waals surface area contributed by atoms with Gasteiger partial charge in [-0.05, 0) is 18.2 Å². The predicted molar refractivity (Wildman–Crippen MR) is 79.8 cm³/mol. The number of nitrogen functional groups attached to an aromatic ring is 1. The molecule has 0 radical (unpaired) electrons. The summed E-state index contributed by atoms with van der Waals surface area (Å²) in [7, 11) is 1.55. The van der Waals surface area contributed by atoms with Crippen LogP contribution in [0.3, 0.4) is 0 Å². The van der Waals surface area contributed by atoms with Crippen LogP contribution in [0.5, 0.6) is 5.88 Å². The van der Waals surface area contributed by atoms with Gasteiger partial charge in [-0.1, -0.05) is 29.3 Å². The van der Waals surface area contributed by atoms with Gasteiger partial charge in [0.1, 0.15) is 5.52 Å². The van der Waals surface area contributed by atoms with Crippen LogP contribution < -0.4 is 10.5 Å². The monoisotopic (exact) mass is 308 g/mol. The summed E-state index contributed by atoms with van der Waals surface area (Å²) < 4.78 is 6.77. The Hall–Kier alpha value is -1.98. The van der Waals surface area contributed by atoms with Crippen molar-refractivity contribution in [3.63, 3.8) is 0 Å². The molecule has 102 valence electrons. The lowest BCUT2D eigenvalue weighted by atomic mass is 10.3.